The van der Waals surface area contributed by atoms with E-state index in [4.69, 9.17) is 0 Å². The van der Waals surface area contributed by atoms with Crippen molar-refractivity contribution in [3.63, 3.8) is 0 Å². The second-order valence-electron chi connectivity index (χ2n) is 8.10. The highest BCUT2D eigenvalue weighted by atomic mass is 32.2. The zero-order chi connectivity index (χ0) is 25.3. The molecular formula is C26H21N5O4S. The van der Waals surface area contributed by atoms with E-state index in [1.165, 1.54) is 37.6 Å². The van der Waals surface area contributed by atoms with Crippen molar-refractivity contribution in [2.75, 3.05) is 11.4 Å². The first-order valence-corrected chi connectivity index (χ1v) is 12.5. The summed E-state index contributed by atoms with van der Waals surface area (Å²) in [5.74, 6) is 0.310. The van der Waals surface area contributed by atoms with Gasteiger partial charge in [0.1, 0.15) is 17.8 Å². The fourth-order valence-corrected chi connectivity index (χ4v) is 5.51. The van der Waals surface area contributed by atoms with Gasteiger partial charge in [-0.2, -0.15) is 0 Å². The van der Waals surface area contributed by atoms with Gasteiger partial charge in [-0.05, 0) is 17.7 Å². The Morgan fingerprint density at radius 3 is 2.25 bits per heavy atom. The van der Waals surface area contributed by atoms with E-state index in [1.807, 2.05) is 60.7 Å². The van der Waals surface area contributed by atoms with Crippen LogP contribution in [0.2, 0.25) is 0 Å². The molecule has 0 saturated heterocycles. The van der Waals surface area contributed by atoms with E-state index in [0.717, 1.165) is 15.4 Å². The lowest BCUT2D eigenvalue weighted by atomic mass is 10.1. The quantitative estimate of drug-likeness (QED) is 0.233. The van der Waals surface area contributed by atoms with E-state index in [9.17, 15) is 18.5 Å². The first-order chi connectivity index (χ1) is 17.4. The molecule has 0 aliphatic carbocycles. The Hall–Kier alpha value is -4.57. The number of rotatable bonds is 7. The molecule has 3 aromatic carbocycles. The highest BCUT2D eigenvalue weighted by Crippen LogP contribution is 2.35. The summed E-state index contributed by atoms with van der Waals surface area (Å²) in [4.78, 5) is 19.5. The summed E-state index contributed by atoms with van der Waals surface area (Å²) in [5, 5.41) is 12.2. The molecule has 5 rings (SSSR count). The molecule has 0 spiro atoms. The molecule has 36 heavy (non-hydrogen) atoms. The molecular weight excluding hydrogens is 478 g/mol. The average molecular weight is 500 g/mol. The van der Waals surface area contributed by atoms with Gasteiger partial charge >= 0.3 is 0 Å². The van der Waals surface area contributed by atoms with Crippen LogP contribution in [0, 0.1) is 10.1 Å². The monoisotopic (exact) mass is 499 g/mol. The molecule has 10 heteroatoms. The molecule has 5 aromatic rings. The molecule has 0 amide bonds. The van der Waals surface area contributed by atoms with Crippen LogP contribution in [0.4, 0.5) is 11.5 Å². The second kappa shape index (κ2) is 9.23. The highest BCUT2D eigenvalue weighted by molar-refractivity contribution is 7.93. The van der Waals surface area contributed by atoms with E-state index in [2.05, 4.69) is 9.97 Å². The molecule has 0 atom stereocenters. The second-order valence-corrected chi connectivity index (χ2v) is 10.0. The Morgan fingerprint density at radius 2 is 1.56 bits per heavy atom. The lowest BCUT2D eigenvalue weighted by Gasteiger charge is -2.21. The number of para-hydroxylation sites is 1. The van der Waals surface area contributed by atoms with Crippen molar-refractivity contribution in [3.8, 4) is 11.3 Å². The summed E-state index contributed by atoms with van der Waals surface area (Å²) < 4.78 is 30.2. The van der Waals surface area contributed by atoms with Crippen LogP contribution in [-0.2, 0) is 16.6 Å². The zero-order valence-corrected chi connectivity index (χ0v) is 20.0. The van der Waals surface area contributed by atoms with Gasteiger partial charge in [0, 0.05) is 24.1 Å². The van der Waals surface area contributed by atoms with Crippen LogP contribution in [-0.4, -0.2) is 34.9 Å². The van der Waals surface area contributed by atoms with E-state index >= 15 is 0 Å². The van der Waals surface area contributed by atoms with Crippen LogP contribution >= 0.6 is 0 Å². The van der Waals surface area contributed by atoms with Gasteiger partial charge in [-0.25, -0.2) is 18.4 Å². The number of aromatic nitrogens is 3. The number of nitro groups is 1. The Bertz CT molecular complexity index is 1670. The van der Waals surface area contributed by atoms with Crippen LogP contribution in [0.1, 0.15) is 5.56 Å². The Morgan fingerprint density at radius 1 is 0.917 bits per heavy atom. The summed E-state index contributed by atoms with van der Waals surface area (Å²) in [5.41, 5.74) is 2.52. The number of hydrogen-bond acceptors (Lipinski definition) is 6. The van der Waals surface area contributed by atoms with Crippen LogP contribution in [0.25, 0.3) is 22.3 Å². The maximum absolute atomic E-state index is 13.7. The van der Waals surface area contributed by atoms with E-state index in [-0.39, 0.29) is 4.90 Å². The molecule has 180 valence electrons. The van der Waals surface area contributed by atoms with Crippen molar-refractivity contribution in [2.24, 2.45) is 0 Å². The number of nitro benzene ring substituents is 1. The molecule has 0 fully saturated rings. The Labute approximate surface area is 207 Å². The predicted molar refractivity (Wildman–Crippen MR) is 137 cm³/mol. The molecule has 2 aromatic heterocycles. The highest BCUT2D eigenvalue weighted by Gasteiger charge is 2.32. The van der Waals surface area contributed by atoms with Crippen LogP contribution in [0.3, 0.4) is 0 Å². The van der Waals surface area contributed by atoms with E-state index < -0.39 is 20.6 Å². The van der Waals surface area contributed by atoms with E-state index in [1.54, 1.807) is 10.6 Å². The topological polar surface area (TPSA) is 111 Å². The van der Waals surface area contributed by atoms with Crippen LogP contribution < -0.4 is 4.31 Å². The lowest BCUT2D eigenvalue weighted by molar-refractivity contribution is -0.387. The SMILES string of the molecule is CN(c1cc2c(-c3ccccc3)ncnc2n1Cc1ccccc1)S(=O)(=O)c1ccccc1[N+](=O)[O-]. The van der Waals surface area contributed by atoms with Crippen molar-refractivity contribution in [2.45, 2.75) is 11.4 Å². The Balaban J connectivity index is 1.73. The van der Waals surface area contributed by atoms with Gasteiger partial charge in [-0.1, -0.05) is 72.8 Å². The predicted octanol–water partition coefficient (Wildman–Crippen LogP) is 4.88. The molecule has 9 nitrogen and oxygen atoms in total. The molecule has 0 N–H and O–H groups in total. The fraction of sp³-hybridized carbons (Fsp3) is 0.0769. The first kappa shape index (κ1) is 23.2. The fourth-order valence-electron chi connectivity index (χ4n) is 4.16. The smallest absolute Gasteiger partial charge is 0.289 e. The van der Waals surface area contributed by atoms with Crippen molar-refractivity contribution >= 4 is 32.6 Å². The zero-order valence-electron chi connectivity index (χ0n) is 19.2. The summed E-state index contributed by atoms with van der Waals surface area (Å²) in [6, 6.07) is 26.2. The van der Waals surface area contributed by atoms with Gasteiger partial charge in [0.15, 0.2) is 4.90 Å². The maximum Gasteiger partial charge on any atom is 0.289 e. The van der Waals surface area contributed by atoms with Gasteiger partial charge in [-0.15, -0.1) is 0 Å². The van der Waals surface area contributed by atoms with Crippen molar-refractivity contribution in [3.05, 3.63) is 113 Å². The van der Waals surface area contributed by atoms with Gasteiger partial charge in [0.05, 0.1) is 17.2 Å². The minimum absolute atomic E-state index is 0.310. The number of anilines is 1. The Kier molecular flexibility index (Phi) is 5.95. The normalized spacial score (nSPS) is 11.5. The molecule has 0 unspecified atom stereocenters. The number of fused-ring (bicyclic) bond motifs is 1. The van der Waals surface area contributed by atoms with Crippen LogP contribution in [0.5, 0.6) is 0 Å². The van der Waals surface area contributed by atoms with Crippen molar-refractivity contribution in [1.29, 1.82) is 0 Å². The standard InChI is InChI=1S/C26H21N5O4S/c1-29(36(34,35)23-15-9-8-14-22(23)31(32)33)24-16-21-25(20-12-6-3-7-13-20)27-18-28-26(21)30(24)17-19-10-4-2-5-11-19/h2-16,18H,17H2,1H3. The molecule has 0 radical (unpaired) electrons. The number of benzene rings is 3. The summed E-state index contributed by atoms with van der Waals surface area (Å²) in [6.07, 6.45) is 1.45. The van der Waals surface area contributed by atoms with E-state index in [0.29, 0.717) is 29.1 Å². The largest absolute Gasteiger partial charge is 0.307 e. The van der Waals surface area contributed by atoms with Gasteiger partial charge in [0.25, 0.3) is 15.7 Å². The number of nitrogens with zero attached hydrogens (tertiary/aromatic N) is 5. The average Bonchev–Trinajstić information content (AvgIpc) is 3.27. The van der Waals surface area contributed by atoms with Crippen molar-refractivity contribution in [1.82, 2.24) is 14.5 Å². The number of sulfonamides is 1. The third-order valence-electron chi connectivity index (χ3n) is 5.92. The summed E-state index contributed by atoms with van der Waals surface area (Å²) in [7, 11) is -2.90. The van der Waals surface area contributed by atoms with Crippen molar-refractivity contribution < 1.29 is 13.3 Å². The summed E-state index contributed by atoms with van der Waals surface area (Å²) in [6.45, 7) is 0.335. The third-order valence-corrected chi connectivity index (χ3v) is 7.73. The van der Waals surface area contributed by atoms with Gasteiger partial charge < -0.3 is 4.57 Å². The molecule has 2 heterocycles. The summed E-state index contributed by atoms with van der Waals surface area (Å²) >= 11 is 0. The first-order valence-electron chi connectivity index (χ1n) is 11.0. The minimum atomic E-state index is -4.28. The van der Waals surface area contributed by atoms with Gasteiger partial charge in [-0.3, -0.25) is 14.4 Å². The molecule has 0 bridgehead atoms. The molecule has 0 aliphatic heterocycles. The van der Waals surface area contributed by atoms with Gasteiger partial charge in [0.2, 0.25) is 0 Å². The number of hydrogen-bond donors (Lipinski definition) is 0. The maximum atomic E-state index is 13.7. The van der Waals surface area contributed by atoms with Crippen LogP contribution in [0.15, 0.2) is 102 Å². The lowest BCUT2D eigenvalue weighted by Crippen LogP contribution is -2.29. The molecule has 0 aliphatic rings. The minimum Gasteiger partial charge on any atom is -0.307 e. The third kappa shape index (κ3) is 4.07. The molecule has 0 saturated carbocycles.